The summed E-state index contributed by atoms with van der Waals surface area (Å²) in [6.07, 6.45) is 8.30. The van der Waals surface area contributed by atoms with Gasteiger partial charge in [0.1, 0.15) is 6.61 Å². The third-order valence-electron chi connectivity index (χ3n) is 11.6. The first-order valence-corrected chi connectivity index (χ1v) is 15.4. The molecule has 6 nitrogen and oxygen atoms in total. The molecule has 1 aromatic rings. The van der Waals surface area contributed by atoms with E-state index in [0.717, 1.165) is 57.3 Å². The zero-order valence-corrected chi connectivity index (χ0v) is 24.7. The molecule has 0 aromatic heterocycles. The number of carbonyl (C=O) groups excluding carboxylic acids is 2. The minimum absolute atomic E-state index is 0.176. The van der Waals surface area contributed by atoms with Crippen molar-refractivity contribution >= 4 is 17.4 Å². The standard InChI is InChI=1S/C34H46N2O4/c1-32(2,3)34(40)14-13-29-27-11-7-23-19-25(38)10-12-26(23)31(27)28(20-33(29,34)4)22-5-8-24(9-6-22)35-15-17-36(18-16-35)30(39)21-37/h5-6,8-9,19,27-29,37,40H,7,10-18,20-21H2,1-4H3/t27-,28+,29-,33-,34+/m0/s1. The molecule has 0 bridgehead atoms. The van der Waals surface area contributed by atoms with Crippen molar-refractivity contribution in [2.75, 3.05) is 37.7 Å². The molecule has 6 rings (SSSR count). The van der Waals surface area contributed by atoms with E-state index in [1.54, 1.807) is 10.5 Å². The number of amides is 1. The molecular weight excluding hydrogens is 500 g/mol. The van der Waals surface area contributed by atoms with Crippen LogP contribution in [0.1, 0.15) is 84.1 Å². The maximum atomic E-state index is 12.4. The molecule has 6 heteroatoms. The average molecular weight is 547 g/mol. The number of piperazine rings is 1. The second kappa shape index (κ2) is 9.84. The quantitative estimate of drug-likeness (QED) is 0.558. The van der Waals surface area contributed by atoms with E-state index in [4.69, 9.17) is 0 Å². The van der Waals surface area contributed by atoms with E-state index in [1.165, 1.54) is 16.7 Å². The number of hydrogen-bond acceptors (Lipinski definition) is 5. The van der Waals surface area contributed by atoms with Crippen molar-refractivity contribution in [3.8, 4) is 0 Å². The number of aliphatic hydroxyl groups excluding tert-OH is 1. The molecule has 40 heavy (non-hydrogen) atoms. The molecule has 2 N–H and O–H groups in total. The monoisotopic (exact) mass is 546 g/mol. The molecule has 0 spiro atoms. The Morgan fingerprint density at radius 3 is 2.38 bits per heavy atom. The number of nitrogens with zero attached hydrogens (tertiary/aromatic N) is 2. The molecule has 0 radical (unpaired) electrons. The van der Waals surface area contributed by atoms with Crippen molar-refractivity contribution in [1.82, 2.24) is 4.90 Å². The second-order valence-electron chi connectivity index (χ2n) is 14.3. The lowest BCUT2D eigenvalue weighted by Crippen LogP contribution is -2.57. The number of fused-ring (bicyclic) bond motifs is 4. The molecule has 5 aliphatic rings. The van der Waals surface area contributed by atoms with Crippen LogP contribution in [0.5, 0.6) is 0 Å². The lowest BCUT2D eigenvalue weighted by molar-refractivity contribution is -0.157. The maximum absolute atomic E-state index is 12.4. The zero-order chi connectivity index (χ0) is 28.4. The second-order valence-corrected chi connectivity index (χ2v) is 14.3. The number of carbonyl (C=O) groups is 2. The van der Waals surface area contributed by atoms with Gasteiger partial charge in [-0.2, -0.15) is 0 Å². The van der Waals surface area contributed by atoms with Crippen molar-refractivity contribution in [3.63, 3.8) is 0 Å². The van der Waals surface area contributed by atoms with E-state index in [-0.39, 0.29) is 28.4 Å². The lowest BCUT2D eigenvalue weighted by atomic mass is 9.48. The number of anilines is 1. The van der Waals surface area contributed by atoms with E-state index in [1.807, 2.05) is 6.08 Å². The van der Waals surface area contributed by atoms with Crippen molar-refractivity contribution in [2.24, 2.45) is 22.7 Å². The molecule has 1 aliphatic heterocycles. The highest BCUT2D eigenvalue weighted by Gasteiger charge is 2.66. The van der Waals surface area contributed by atoms with Gasteiger partial charge in [-0.3, -0.25) is 9.59 Å². The first-order chi connectivity index (χ1) is 19.0. The fraction of sp³-hybridized carbons (Fsp3) is 0.647. The Morgan fingerprint density at radius 1 is 1.02 bits per heavy atom. The van der Waals surface area contributed by atoms with Crippen LogP contribution < -0.4 is 4.90 Å². The van der Waals surface area contributed by atoms with Gasteiger partial charge < -0.3 is 20.0 Å². The topological polar surface area (TPSA) is 81.1 Å². The number of ketones is 1. The van der Waals surface area contributed by atoms with Gasteiger partial charge in [-0.1, -0.05) is 45.4 Å². The van der Waals surface area contributed by atoms with Gasteiger partial charge in [0, 0.05) is 49.6 Å². The smallest absolute Gasteiger partial charge is 0.248 e. The zero-order valence-electron chi connectivity index (χ0n) is 24.7. The van der Waals surface area contributed by atoms with Gasteiger partial charge in [0.15, 0.2) is 5.78 Å². The Balaban J connectivity index is 1.36. The summed E-state index contributed by atoms with van der Waals surface area (Å²) in [5, 5.41) is 21.6. The summed E-state index contributed by atoms with van der Waals surface area (Å²) in [4.78, 5) is 28.3. The normalized spacial score (nSPS) is 34.3. The SMILES string of the molecule is CC(C)(C)[C@]1(O)CC[C@H]2[C@@H]3CCC4=CC(=O)CCC4=C3[C@@H](c3ccc(N4CCN(C(=O)CO)CC4)cc3)C[C@@]21C. The summed E-state index contributed by atoms with van der Waals surface area (Å²) in [5.74, 6) is 1.22. The van der Waals surface area contributed by atoms with Crippen LogP contribution in [-0.4, -0.2) is 65.2 Å². The van der Waals surface area contributed by atoms with E-state index in [9.17, 15) is 19.8 Å². The Hall–Kier alpha value is -2.44. The molecule has 216 valence electrons. The molecule has 1 saturated heterocycles. The highest BCUT2D eigenvalue weighted by Crippen LogP contribution is 2.69. The molecule has 1 amide bonds. The molecule has 0 unspecified atom stereocenters. The van der Waals surface area contributed by atoms with E-state index in [2.05, 4.69) is 56.9 Å². The van der Waals surface area contributed by atoms with Crippen LogP contribution in [0, 0.1) is 22.7 Å². The van der Waals surface area contributed by atoms with E-state index >= 15 is 0 Å². The Kier molecular flexibility index (Phi) is 6.81. The molecule has 3 fully saturated rings. The first-order valence-electron chi connectivity index (χ1n) is 15.4. The van der Waals surface area contributed by atoms with Crippen LogP contribution in [0.25, 0.3) is 0 Å². The van der Waals surface area contributed by atoms with Crippen LogP contribution in [0.2, 0.25) is 0 Å². The van der Waals surface area contributed by atoms with E-state index < -0.39 is 12.2 Å². The van der Waals surface area contributed by atoms with Crippen LogP contribution in [0.3, 0.4) is 0 Å². The van der Waals surface area contributed by atoms with Gasteiger partial charge in [-0.25, -0.2) is 0 Å². The Bertz CT molecular complexity index is 1250. The number of rotatable bonds is 3. The number of hydrogen-bond donors (Lipinski definition) is 2. The Morgan fingerprint density at radius 2 is 1.73 bits per heavy atom. The van der Waals surface area contributed by atoms with Crippen molar-refractivity contribution in [3.05, 3.63) is 52.6 Å². The summed E-state index contributed by atoms with van der Waals surface area (Å²) in [6, 6.07) is 9.03. The van der Waals surface area contributed by atoms with Crippen LogP contribution in [0.4, 0.5) is 5.69 Å². The van der Waals surface area contributed by atoms with Crippen LogP contribution >= 0.6 is 0 Å². The number of aliphatic hydroxyl groups is 2. The van der Waals surface area contributed by atoms with Crippen molar-refractivity contribution in [1.29, 1.82) is 0 Å². The molecule has 2 saturated carbocycles. The largest absolute Gasteiger partial charge is 0.389 e. The molecular formula is C34H46N2O4. The first kappa shape index (κ1) is 27.7. The van der Waals surface area contributed by atoms with Gasteiger partial charge in [0.2, 0.25) is 5.91 Å². The third-order valence-corrected chi connectivity index (χ3v) is 11.6. The third kappa shape index (κ3) is 4.20. The lowest BCUT2D eigenvalue weighted by Gasteiger charge is -2.58. The average Bonchev–Trinajstić information content (AvgIpc) is 3.23. The van der Waals surface area contributed by atoms with Crippen molar-refractivity contribution < 1.29 is 19.8 Å². The minimum atomic E-state index is -0.719. The maximum Gasteiger partial charge on any atom is 0.248 e. The fourth-order valence-electron chi connectivity index (χ4n) is 9.43. The van der Waals surface area contributed by atoms with Crippen LogP contribution in [-0.2, 0) is 9.59 Å². The van der Waals surface area contributed by atoms with Gasteiger partial charge in [0.25, 0.3) is 0 Å². The summed E-state index contributed by atoms with van der Waals surface area (Å²) in [7, 11) is 0. The van der Waals surface area contributed by atoms with E-state index in [0.29, 0.717) is 31.3 Å². The molecule has 5 atom stereocenters. The molecule has 1 heterocycles. The predicted octanol–water partition coefficient (Wildman–Crippen LogP) is 5.00. The van der Waals surface area contributed by atoms with Gasteiger partial charge in [-0.05, 0) is 90.7 Å². The fourth-order valence-corrected chi connectivity index (χ4v) is 9.43. The van der Waals surface area contributed by atoms with Gasteiger partial charge in [0.05, 0.1) is 5.60 Å². The summed E-state index contributed by atoms with van der Waals surface area (Å²) < 4.78 is 0. The summed E-state index contributed by atoms with van der Waals surface area (Å²) >= 11 is 0. The van der Waals surface area contributed by atoms with Crippen molar-refractivity contribution in [2.45, 2.75) is 84.2 Å². The van der Waals surface area contributed by atoms with Gasteiger partial charge >= 0.3 is 0 Å². The van der Waals surface area contributed by atoms with Gasteiger partial charge in [-0.15, -0.1) is 0 Å². The predicted molar refractivity (Wildman–Crippen MR) is 157 cm³/mol. The number of benzene rings is 1. The minimum Gasteiger partial charge on any atom is -0.389 e. The highest BCUT2D eigenvalue weighted by atomic mass is 16.3. The summed E-state index contributed by atoms with van der Waals surface area (Å²) in [5.41, 5.74) is 5.66. The van der Waals surface area contributed by atoms with Crippen LogP contribution in [0.15, 0.2) is 47.1 Å². The summed E-state index contributed by atoms with van der Waals surface area (Å²) in [6.45, 7) is 11.3. The highest BCUT2D eigenvalue weighted by molar-refractivity contribution is 5.93. The molecule has 4 aliphatic carbocycles. The number of allylic oxidation sites excluding steroid dienone is 4. The molecule has 1 aromatic carbocycles. The Labute approximate surface area is 239 Å².